The molecular formula is C25H24N6O2. The summed E-state index contributed by atoms with van der Waals surface area (Å²) in [4.78, 5) is 33.0. The standard InChI is InChI=1S/C13H12.C12H12N6O2/c1-11-7-9-13(10-8-11)12-5-3-2-4-6-12;13-11(16-7-19)17-9-4-2-1-3-8(9)10(20)18-12-14-5-6-15-12/h2-10H,1H3;1-7H,(H3,13,16,17,19)(H2,14,15,18,20). The van der Waals surface area contributed by atoms with E-state index in [9.17, 15) is 9.59 Å². The molecule has 8 heteroatoms. The van der Waals surface area contributed by atoms with Gasteiger partial charge in [0, 0.05) is 12.4 Å². The van der Waals surface area contributed by atoms with Gasteiger partial charge in [-0.25, -0.2) is 9.98 Å². The third-order valence-electron chi connectivity index (χ3n) is 4.49. The molecule has 0 atom stereocenters. The van der Waals surface area contributed by atoms with Crippen LogP contribution in [0.5, 0.6) is 0 Å². The number of imidazole rings is 1. The Labute approximate surface area is 191 Å². The van der Waals surface area contributed by atoms with E-state index in [0.29, 0.717) is 23.6 Å². The minimum Gasteiger partial charge on any atom is -0.369 e. The number of carbonyl (C=O) groups is 2. The van der Waals surface area contributed by atoms with Crippen LogP contribution in [0.4, 0.5) is 11.6 Å². The van der Waals surface area contributed by atoms with Crippen molar-refractivity contribution in [2.45, 2.75) is 6.92 Å². The fourth-order valence-electron chi connectivity index (χ4n) is 2.87. The van der Waals surface area contributed by atoms with Crippen molar-refractivity contribution in [3.8, 4) is 11.1 Å². The Hall–Kier alpha value is -4.72. The lowest BCUT2D eigenvalue weighted by molar-refractivity contribution is -0.108. The number of aromatic nitrogens is 2. The highest BCUT2D eigenvalue weighted by Gasteiger charge is 2.12. The number of carbonyl (C=O) groups excluding carboxylic acids is 2. The van der Waals surface area contributed by atoms with Crippen molar-refractivity contribution < 1.29 is 9.59 Å². The number of amides is 2. The van der Waals surface area contributed by atoms with Gasteiger partial charge in [-0.1, -0.05) is 72.3 Å². The molecule has 1 heterocycles. The smallest absolute Gasteiger partial charge is 0.260 e. The molecule has 4 rings (SSSR count). The lowest BCUT2D eigenvalue weighted by atomic mass is 10.0. The molecule has 5 N–H and O–H groups in total. The number of guanidine groups is 1. The van der Waals surface area contributed by atoms with Crippen molar-refractivity contribution in [2.24, 2.45) is 10.7 Å². The van der Waals surface area contributed by atoms with Crippen LogP contribution in [0.25, 0.3) is 11.1 Å². The molecule has 2 amide bonds. The van der Waals surface area contributed by atoms with Crippen molar-refractivity contribution in [3.05, 3.63) is 102 Å². The van der Waals surface area contributed by atoms with Gasteiger partial charge in [-0.3, -0.25) is 20.2 Å². The molecule has 0 saturated heterocycles. The minimum absolute atomic E-state index is 0.0988. The number of para-hydroxylation sites is 1. The summed E-state index contributed by atoms with van der Waals surface area (Å²) in [6.07, 6.45) is 3.52. The summed E-state index contributed by atoms with van der Waals surface area (Å²) in [6, 6.07) is 25.6. The molecular weight excluding hydrogens is 416 g/mol. The quantitative estimate of drug-likeness (QED) is 0.212. The highest BCUT2D eigenvalue weighted by Crippen LogP contribution is 2.20. The van der Waals surface area contributed by atoms with Crippen LogP contribution in [-0.2, 0) is 4.79 Å². The molecule has 0 saturated carbocycles. The number of benzene rings is 3. The minimum atomic E-state index is -0.391. The summed E-state index contributed by atoms with van der Waals surface area (Å²) in [5.74, 6) is -0.163. The maximum Gasteiger partial charge on any atom is 0.260 e. The number of nitrogens with one attached hydrogen (secondary N) is 3. The summed E-state index contributed by atoms with van der Waals surface area (Å²) in [6.45, 7) is 2.11. The predicted octanol–water partition coefficient (Wildman–Crippen LogP) is 4.02. The van der Waals surface area contributed by atoms with Crippen molar-refractivity contribution in [2.75, 3.05) is 5.32 Å². The summed E-state index contributed by atoms with van der Waals surface area (Å²) < 4.78 is 0. The van der Waals surface area contributed by atoms with E-state index in [4.69, 9.17) is 5.73 Å². The van der Waals surface area contributed by atoms with Gasteiger partial charge in [0.15, 0.2) is 5.96 Å². The average Bonchev–Trinajstić information content (AvgIpc) is 3.34. The monoisotopic (exact) mass is 440 g/mol. The van der Waals surface area contributed by atoms with Crippen LogP contribution in [0, 0.1) is 6.92 Å². The number of hydrogen-bond acceptors (Lipinski definition) is 4. The molecule has 0 bridgehead atoms. The van der Waals surface area contributed by atoms with Gasteiger partial charge in [0.2, 0.25) is 12.4 Å². The van der Waals surface area contributed by atoms with Gasteiger partial charge in [-0.15, -0.1) is 0 Å². The molecule has 8 nitrogen and oxygen atoms in total. The number of aromatic amines is 1. The molecule has 0 unspecified atom stereocenters. The third-order valence-corrected chi connectivity index (χ3v) is 4.49. The summed E-state index contributed by atoms with van der Waals surface area (Å²) >= 11 is 0. The molecule has 166 valence electrons. The molecule has 0 aliphatic rings. The van der Waals surface area contributed by atoms with Crippen LogP contribution >= 0.6 is 0 Å². The van der Waals surface area contributed by atoms with Crippen LogP contribution in [-0.4, -0.2) is 28.2 Å². The number of nitrogens with two attached hydrogens (primary N) is 1. The Morgan fingerprint density at radius 1 is 0.970 bits per heavy atom. The zero-order valence-electron chi connectivity index (χ0n) is 18.0. The average molecular weight is 441 g/mol. The molecule has 33 heavy (non-hydrogen) atoms. The van der Waals surface area contributed by atoms with Crippen LogP contribution in [0.15, 0.2) is 96.2 Å². The number of nitrogens with zero attached hydrogens (tertiary/aromatic N) is 2. The van der Waals surface area contributed by atoms with Gasteiger partial charge in [-0.05, 0) is 30.2 Å². The number of H-pyrrole nitrogens is 1. The Kier molecular flexibility index (Phi) is 8.08. The highest BCUT2D eigenvalue weighted by atomic mass is 16.2. The number of aryl methyl sites for hydroxylation is 1. The van der Waals surface area contributed by atoms with Crippen molar-refractivity contribution in [3.63, 3.8) is 0 Å². The lowest BCUT2D eigenvalue weighted by Gasteiger charge is -2.06. The largest absolute Gasteiger partial charge is 0.369 e. The molecule has 0 aliphatic heterocycles. The van der Waals surface area contributed by atoms with Crippen molar-refractivity contribution in [1.29, 1.82) is 0 Å². The Bertz CT molecular complexity index is 1200. The fraction of sp³-hybridized carbons (Fsp3) is 0.0400. The van der Waals surface area contributed by atoms with Gasteiger partial charge in [0.1, 0.15) is 0 Å². The van der Waals surface area contributed by atoms with E-state index in [0.717, 1.165) is 0 Å². The first-order valence-electron chi connectivity index (χ1n) is 10.1. The molecule has 0 fully saturated rings. The molecule has 4 aromatic rings. The fourth-order valence-corrected chi connectivity index (χ4v) is 2.87. The van der Waals surface area contributed by atoms with E-state index in [1.807, 2.05) is 6.07 Å². The molecule has 1 aromatic heterocycles. The first-order chi connectivity index (χ1) is 16.1. The van der Waals surface area contributed by atoms with Crippen molar-refractivity contribution in [1.82, 2.24) is 15.3 Å². The highest BCUT2D eigenvalue weighted by molar-refractivity contribution is 6.07. The van der Waals surface area contributed by atoms with Gasteiger partial charge in [0.25, 0.3) is 5.91 Å². The van der Waals surface area contributed by atoms with Crippen LogP contribution in [0.2, 0.25) is 0 Å². The summed E-state index contributed by atoms with van der Waals surface area (Å²) in [5.41, 5.74) is 9.99. The number of hydrogen-bond donors (Lipinski definition) is 4. The topological polar surface area (TPSA) is 125 Å². The Morgan fingerprint density at radius 2 is 1.64 bits per heavy atom. The van der Waals surface area contributed by atoms with E-state index in [2.05, 4.69) is 81.0 Å². The van der Waals surface area contributed by atoms with Gasteiger partial charge < -0.3 is 10.7 Å². The predicted molar refractivity (Wildman–Crippen MR) is 130 cm³/mol. The van der Waals surface area contributed by atoms with E-state index >= 15 is 0 Å². The van der Waals surface area contributed by atoms with Crippen LogP contribution < -0.4 is 16.4 Å². The number of anilines is 1. The van der Waals surface area contributed by atoms with Crippen molar-refractivity contribution >= 4 is 29.9 Å². The normalized spacial score (nSPS) is 10.5. The second kappa shape index (κ2) is 11.6. The van der Waals surface area contributed by atoms with E-state index in [-0.39, 0.29) is 5.96 Å². The maximum absolute atomic E-state index is 12.1. The first kappa shape index (κ1) is 23.0. The summed E-state index contributed by atoms with van der Waals surface area (Å²) in [7, 11) is 0. The third kappa shape index (κ3) is 6.90. The number of rotatable bonds is 5. The van der Waals surface area contributed by atoms with E-state index in [1.165, 1.54) is 22.9 Å². The Morgan fingerprint density at radius 3 is 2.30 bits per heavy atom. The van der Waals surface area contributed by atoms with Gasteiger partial charge >= 0.3 is 0 Å². The Balaban J connectivity index is 0.000000203. The van der Waals surface area contributed by atoms with E-state index in [1.54, 1.807) is 30.5 Å². The molecule has 0 aliphatic carbocycles. The van der Waals surface area contributed by atoms with Gasteiger partial charge in [0.05, 0.1) is 11.3 Å². The molecule has 0 radical (unpaired) electrons. The van der Waals surface area contributed by atoms with E-state index < -0.39 is 5.91 Å². The summed E-state index contributed by atoms with van der Waals surface area (Å²) in [5, 5.41) is 4.78. The van der Waals surface area contributed by atoms with Gasteiger partial charge in [-0.2, -0.15) is 0 Å². The molecule has 3 aromatic carbocycles. The lowest BCUT2D eigenvalue weighted by Crippen LogP contribution is -2.29. The maximum atomic E-state index is 12.1. The zero-order valence-corrected chi connectivity index (χ0v) is 18.0. The molecule has 0 spiro atoms. The van der Waals surface area contributed by atoms with Crippen LogP contribution in [0.3, 0.4) is 0 Å². The zero-order chi connectivity index (χ0) is 23.5. The van der Waals surface area contributed by atoms with Crippen LogP contribution in [0.1, 0.15) is 15.9 Å². The first-order valence-corrected chi connectivity index (χ1v) is 10.1. The number of aliphatic imine (C=N–C) groups is 1. The second-order valence-corrected chi connectivity index (χ2v) is 6.90. The second-order valence-electron chi connectivity index (χ2n) is 6.90. The SMILES string of the molecule is Cc1ccc(-c2ccccc2)cc1.NC(=Nc1ccccc1C(=O)Nc1ncc[nH]1)NC=O.